The maximum Gasteiger partial charge on any atom is 0.0412 e. The minimum Gasteiger partial charge on any atom is -0.140 e. The van der Waals surface area contributed by atoms with E-state index in [1.807, 2.05) is 23.5 Å². The average Bonchev–Trinajstić information content (AvgIpc) is 2.60. The molecule has 0 N–H and O–H groups in total. The third kappa shape index (κ3) is 2.73. The van der Waals surface area contributed by atoms with Gasteiger partial charge in [-0.2, -0.15) is 0 Å². The summed E-state index contributed by atoms with van der Waals surface area (Å²) in [6.45, 7) is 3.86. The van der Waals surface area contributed by atoms with Gasteiger partial charge in [-0.15, -0.1) is 11.3 Å². The number of hydrogen-bond donors (Lipinski definition) is 0. The number of fused-ring (bicyclic) bond motifs is 1. The molecule has 0 spiro atoms. The molecule has 2 aromatic rings. The van der Waals surface area contributed by atoms with Crippen molar-refractivity contribution >= 4 is 33.0 Å². The second-order valence-electron chi connectivity index (χ2n) is 3.71. The molecule has 2 heteroatoms. The maximum absolute atomic E-state index is 5.95. The van der Waals surface area contributed by atoms with E-state index in [1.54, 1.807) is 0 Å². The van der Waals surface area contributed by atoms with Crippen molar-refractivity contribution in [1.82, 2.24) is 0 Å². The Bertz CT molecular complexity index is 445. The number of halogens is 1. The molecule has 0 aliphatic rings. The summed E-state index contributed by atoms with van der Waals surface area (Å²) in [6.07, 6.45) is 4.67. The lowest BCUT2D eigenvalue weighted by atomic mass is 10.1. The lowest BCUT2D eigenvalue weighted by molar-refractivity contribution is 0.753. The Morgan fingerprint density at radius 2 is 2.07 bits per heavy atom. The third-order valence-corrected chi connectivity index (χ3v) is 3.86. The van der Waals surface area contributed by atoms with Crippen molar-refractivity contribution in [2.45, 2.75) is 25.7 Å². The monoisotopic (exact) mass is 237 g/mol. The Morgan fingerprint density at radius 1 is 1.20 bits per heavy atom. The fourth-order valence-electron chi connectivity index (χ4n) is 1.67. The van der Waals surface area contributed by atoms with Crippen LogP contribution in [-0.4, -0.2) is 0 Å². The molecule has 0 amide bonds. The standard InChI is InChI=1S/C13H14ClS/c1-2-3-4-5-12-9-10-8-11(14)6-7-13(10)15-12/h6-9H,1-5H2. The summed E-state index contributed by atoms with van der Waals surface area (Å²) in [5.41, 5.74) is 0. The second-order valence-corrected chi connectivity index (χ2v) is 5.31. The van der Waals surface area contributed by atoms with E-state index >= 15 is 0 Å². The zero-order valence-electron chi connectivity index (χ0n) is 8.63. The molecule has 1 radical (unpaired) electrons. The molecule has 1 aromatic heterocycles. The van der Waals surface area contributed by atoms with Crippen LogP contribution in [0.4, 0.5) is 0 Å². The van der Waals surface area contributed by atoms with Gasteiger partial charge in [0.05, 0.1) is 0 Å². The van der Waals surface area contributed by atoms with E-state index < -0.39 is 0 Å². The van der Waals surface area contributed by atoms with Gasteiger partial charge in [-0.1, -0.05) is 31.4 Å². The van der Waals surface area contributed by atoms with Crippen molar-refractivity contribution < 1.29 is 0 Å². The molecule has 0 aliphatic heterocycles. The number of unbranched alkanes of at least 4 members (excludes halogenated alkanes) is 2. The lowest BCUT2D eigenvalue weighted by Gasteiger charge is -1.93. The highest BCUT2D eigenvalue weighted by molar-refractivity contribution is 7.19. The van der Waals surface area contributed by atoms with E-state index in [1.165, 1.54) is 34.2 Å². The van der Waals surface area contributed by atoms with E-state index in [9.17, 15) is 0 Å². The summed E-state index contributed by atoms with van der Waals surface area (Å²) < 4.78 is 1.34. The largest absolute Gasteiger partial charge is 0.140 e. The van der Waals surface area contributed by atoms with Gasteiger partial charge in [-0.05, 0) is 42.5 Å². The van der Waals surface area contributed by atoms with Gasteiger partial charge in [-0.25, -0.2) is 0 Å². The molecular weight excluding hydrogens is 224 g/mol. The van der Waals surface area contributed by atoms with Gasteiger partial charge < -0.3 is 0 Å². The molecule has 0 aliphatic carbocycles. The van der Waals surface area contributed by atoms with Crippen LogP contribution in [0.25, 0.3) is 10.1 Å². The predicted molar refractivity (Wildman–Crippen MR) is 69.7 cm³/mol. The second kappa shape index (κ2) is 5.00. The summed E-state index contributed by atoms with van der Waals surface area (Å²) in [4.78, 5) is 1.46. The molecular formula is C13H14ClS. The van der Waals surface area contributed by atoms with Gasteiger partial charge in [0.15, 0.2) is 0 Å². The molecule has 0 saturated carbocycles. The first-order valence-electron chi connectivity index (χ1n) is 5.27. The summed E-state index contributed by atoms with van der Waals surface area (Å²) in [7, 11) is 0. The molecule has 0 atom stereocenters. The summed E-state index contributed by atoms with van der Waals surface area (Å²) >= 11 is 7.83. The first-order chi connectivity index (χ1) is 7.29. The Labute approximate surface area is 99.9 Å². The Hall–Kier alpha value is -0.530. The lowest BCUT2D eigenvalue weighted by Crippen LogP contribution is -1.78. The average molecular weight is 238 g/mol. The zero-order valence-corrected chi connectivity index (χ0v) is 10.2. The van der Waals surface area contributed by atoms with Crippen molar-refractivity contribution in [3.8, 4) is 0 Å². The summed E-state index contributed by atoms with van der Waals surface area (Å²) in [5.74, 6) is 0. The van der Waals surface area contributed by atoms with Crippen LogP contribution in [0.3, 0.4) is 0 Å². The molecule has 0 nitrogen and oxygen atoms in total. The predicted octanol–water partition coefficient (Wildman–Crippen LogP) is 5.10. The quantitative estimate of drug-likeness (QED) is 0.649. The van der Waals surface area contributed by atoms with Crippen LogP contribution in [0.2, 0.25) is 5.02 Å². The van der Waals surface area contributed by atoms with Crippen LogP contribution >= 0.6 is 22.9 Å². The maximum atomic E-state index is 5.95. The van der Waals surface area contributed by atoms with E-state index in [4.69, 9.17) is 11.6 Å². The fourth-order valence-corrected chi connectivity index (χ4v) is 2.94. The first kappa shape index (κ1) is 11.0. The number of benzene rings is 1. The van der Waals surface area contributed by atoms with Gasteiger partial charge in [-0.3, -0.25) is 0 Å². The minimum atomic E-state index is 0.824. The summed E-state index contributed by atoms with van der Waals surface area (Å²) in [6, 6.07) is 8.36. The smallest absolute Gasteiger partial charge is 0.0412 e. The molecule has 0 unspecified atom stereocenters. The highest BCUT2D eigenvalue weighted by Gasteiger charge is 2.01. The highest BCUT2D eigenvalue weighted by Crippen LogP contribution is 2.28. The number of thiophene rings is 1. The molecule has 2 rings (SSSR count). The van der Waals surface area contributed by atoms with Gasteiger partial charge in [0.2, 0.25) is 0 Å². The van der Waals surface area contributed by atoms with Crippen molar-refractivity contribution in [2.24, 2.45) is 0 Å². The van der Waals surface area contributed by atoms with Crippen molar-refractivity contribution in [3.05, 3.63) is 41.1 Å². The van der Waals surface area contributed by atoms with Gasteiger partial charge in [0, 0.05) is 14.6 Å². The van der Waals surface area contributed by atoms with E-state index in [2.05, 4.69) is 19.1 Å². The molecule has 0 bridgehead atoms. The first-order valence-corrected chi connectivity index (χ1v) is 6.46. The van der Waals surface area contributed by atoms with Gasteiger partial charge in [0.25, 0.3) is 0 Å². The minimum absolute atomic E-state index is 0.824. The molecule has 1 aromatic carbocycles. The van der Waals surface area contributed by atoms with Gasteiger partial charge in [0.1, 0.15) is 0 Å². The van der Waals surface area contributed by atoms with Crippen LogP contribution in [0, 0.1) is 6.92 Å². The Balaban J connectivity index is 2.16. The number of hydrogen-bond acceptors (Lipinski definition) is 1. The summed E-state index contributed by atoms with van der Waals surface area (Å²) in [5, 5.41) is 2.10. The fraction of sp³-hybridized carbons (Fsp3) is 0.308. The van der Waals surface area contributed by atoms with E-state index in [-0.39, 0.29) is 0 Å². The Kier molecular flexibility index (Phi) is 3.66. The third-order valence-electron chi connectivity index (χ3n) is 2.45. The van der Waals surface area contributed by atoms with Crippen LogP contribution < -0.4 is 0 Å². The topological polar surface area (TPSA) is 0 Å². The van der Waals surface area contributed by atoms with Crippen LogP contribution in [-0.2, 0) is 6.42 Å². The SMILES string of the molecule is [CH2]CCCCc1cc2cc(Cl)ccc2s1. The van der Waals surface area contributed by atoms with Crippen LogP contribution in [0.15, 0.2) is 24.3 Å². The van der Waals surface area contributed by atoms with E-state index in [0.29, 0.717) is 0 Å². The molecule has 15 heavy (non-hydrogen) atoms. The highest BCUT2D eigenvalue weighted by atomic mass is 35.5. The van der Waals surface area contributed by atoms with Crippen molar-refractivity contribution in [1.29, 1.82) is 0 Å². The molecule has 0 saturated heterocycles. The van der Waals surface area contributed by atoms with Crippen molar-refractivity contribution in [3.63, 3.8) is 0 Å². The molecule has 79 valence electrons. The zero-order chi connectivity index (χ0) is 10.7. The number of aryl methyl sites for hydroxylation is 1. The van der Waals surface area contributed by atoms with Crippen molar-refractivity contribution in [2.75, 3.05) is 0 Å². The van der Waals surface area contributed by atoms with Crippen LogP contribution in [0.1, 0.15) is 24.1 Å². The normalized spacial score (nSPS) is 11.1. The molecule has 0 fully saturated rings. The Morgan fingerprint density at radius 3 is 2.87 bits per heavy atom. The van der Waals surface area contributed by atoms with Crippen LogP contribution in [0.5, 0.6) is 0 Å². The number of rotatable bonds is 4. The van der Waals surface area contributed by atoms with Gasteiger partial charge >= 0.3 is 0 Å². The molecule has 1 heterocycles. The van der Waals surface area contributed by atoms with E-state index in [0.717, 1.165) is 11.4 Å².